The van der Waals surface area contributed by atoms with E-state index in [-0.39, 0.29) is 17.2 Å². The molecule has 0 aliphatic heterocycles. The van der Waals surface area contributed by atoms with E-state index < -0.39 is 4.92 Å². The number of nitro benzene ring substituents is 1. The molecule has 8 heteroatoms. The van der Waals surface area contributed by atoms with E-state index in [0.29, 0.717) is 23.7 Å². The summed E-state index contributed by atoms with van der Waals surface area (Å²) in [4.78, 5) is 24.8. The maximum absolute atomic E-state index is 12.6. The summed E-state index contributed by atoms with van der Waals surface area (Å²) in [6.45, 7) is 0.320. The summed E-state index contributed by atoms with van der Waals surface area (Å²) in [5.41, 5.74) is 1.31. The van der Waals surface area contributed by atoms with E-state index in [9.17, 15) is 14.9 Å². The summed E-state index contributed by atoms with van der Waals surface area (Å²) in [6.07, 6.45) is 0. The van der Waals surface area contributed by atoms with E-state index in [2.05, 4.69) is 5.32 Å². The van der Waals surface area contributed by atoms with Crippen LogP contribution in [0, 0.1) is 10.1 Å². The van der Waals surface area contributed by atoms with Gasteiger partial charge in [-0.05, 0) is 29.8 Å². The second-order valence-electron chi connectivity index (χ2n) is 5.59. The van der Waals surface area contributed by atoms with Gasteiger partial charge in [-0.25, -0.2) is 0 Å². The Morgan fingerprint density at radius 2 is 1.85 bits per heavy atom. The fourth-order valence-corrected chi connectivity index (χ4v) is 2.57. The SMILES string of the molecule is CNc1ccc(C(=O)N(C)Cc2ccc(OC)c(OC)c2)cc1[N+](=O)[O-]. The van der Waals surface area contributed by atoms with Gasteiger partial charge in [0.2, 0.25) is 0 Å². The van der Waals surface area contributed by atoms with Gasteiger partial charge < -0.3 is 19.7 Å². The third kappa shape index (κ3) is 4.02. The topological polar surface area (TPSA) is 93.9 Å². The lowest BCUT2D eigenvalue weighted by Crippen LogP contribution is -2.26. The predicted octanol–water partition coefficient (Wildman–Crippen LogP) is 2.93. The molecule has 0 unspecified atom stereocenters. The molecule has 0 aliphatic rings. The number of hydrogen-bond donors (Lipinski definition) is 1. The average molecular weight is 359 g/mol. The van der Waals surface area contributed by atoms with Gasteiger partial charge in [0.05, 0.1) is 19.1 Å². The summed E-state index contributed by atoms with van der Waals surface area (Å²) < 4.78 is 10.5. The molecule has 138 valence electrons. The number of amides is 1. The minimum Gasteiger partial charge on any atom is -0.493 e. The van der Waals surface area contributed by atoms with E-state index in [4.69, 9.17) is 9.47 Å². The van der Waals surface area contributed by atoms with Crippen molar-refractivity contribution in [2.24, 2.45) is 0 Å². The van der Waals surface area contributed by atoms with Crippen molar-refractivity contribution in [3.63, 3.8) is 0 Å². The Hall–Kier alpha value is -3.29. The number of carbonyl (C=O) groups excluding carboxylic acids is 1. The number of hydrogen-bond acceptors (Lipinski definition) is 6. The molecule has 2 aromatic rings. The molecule has 0 spiro atoms. The van der Waals surface area contributed by atoms with E-state index in [1.54, 1.807) is 46.5 Å². The van der Waals surface area contributed by atoms with Crippen LogP contribution in [0.25, 0.3) is 0 Å². The van der Waals surface area contributed by atoms with Crippen LogP contribution in [0.1, 0.15) is 15.9 Å². The molecule has 26 heavy (non-hydrogen) atoms. The van der Waals surface area contributed by atoms with Crippen molar-refractivity contribution in [3.8, 4) is 11.5 Å². The van der Waals surface area contributed by atoms with Gasteiger partial charge in [-0.15, -0.1) is 0 Å². The number of methoxy groups -OCH3 is 2. The molecule has 1 N–H and O–H groups in total. The number of nitro groups is 1. The Morgan fingerprint density at radius 3 is 2.42 bits per heavy atom. The third-order valence-corrected chi connectivity index (χ3v) is 3.93. The number of anilines is 1. The summed E-state index contributed by atoms with van der Waals surface area (Å²) in [7, 11) is 6.32. The van der Waals surface area contributed by atoms with Crippen LogP contribution in [-0.2, 0) is 6.54 Å². The molecule has 0 aliphatic carbocycles. The highest BCUT2D eigenvalue weighted by Crippen LogP contribution is 2.29. The lowest BCUT2D eigenvalue weighted by atomic mass is 10.1. The molecule has 0 fully saturated rings. The van der Waals surface area contributed by atoms with Crippen LogP contribution < -0.4 is 14.8 Å². The summed E-state index contributed by atoms with van der Waals surface area (Å²) in [5, 5.41) is 13.9. The minimum atomic E-state index is -0.517. The molecule has 2 aromatic carbocycles. The summed E-state index contributed by atoms with van der Waals surface area (Å²) >= 11 is 0. The zero-order valence-electron chi connectivity index (χ0n) is 15.1. The Labute approximate surface area is 151 Å². The summed E-state index contributed by atoms with van der Waals surface area (Å²) in [6, 6.07) is 9.74. The number of nitrogens with zero attached hydrogens (tertiary/aromatic N) is 2. The van der Waals surface area contributed by atoms with Gasteiger partial charge in [-0.3, -0.25) is 14.9 Å². The van der Waals surface area contributed by atoms with E-state index >= 15 is 0 Å². The lowest BCUT2D eigenvalue weighted by Gasteiger charge is -2.18. The van der Waals surface area contributed by atoms with Crippen LogP contribution >= 0.6 is 0 Å². The first-order valence-electron chi connectivity index (χ1n) is 7.83. The highest BCUT2D eigenvalue weighted by atomic mass is 16.6. The Kier molecular flexibility index (Phi) is 6.00. The Balaban J connectivity index is 2.22. The molecule has 1 amide bonds. The maximum atomic E-state index is 12.6. The zero-order valence-corrected chi connectivity index (χ0v) is 15.1. The van der Waals surface area contributed by atoms with E-state index in [0.717, 1.165) is 5.56 Å². The molecule has 8 nitrogen and oxygen atoms in total. The van der Waals surface area contributed by atoms with Crippen molar-refractivity contribution in [1.29, 1.82) is 0 Å². The molecule has 0 bridgehead atoms. The fraction of sp³-hybridized carbons (Fsp3) is 0.278. The smallest absolute Gasteiger partial charge is 0.293 e. The van der Waals surface area contributed by atoms with Gasteiger partial charge in [0.15, 0.2) is 11.5 Å². The van der Waals surface area contributed by atoms with Gasteiger partial charge in [-0.1, -0.05) is 6.07 Å². The number of rotatable bonds is 7. The molecule has 0 atom stereocenters. The molecule has 2 rings (SSSR count). The van der Waals surface area contributed by atoms with Crippen LogP contribution in [0.3, 0.4) is 0 Å². The van der Waals surface area contributed by atoms with E-state index in [1.165, 1.54) is 17.0 Å². The Morgan fingerprint density at radius 1 is 1.15 bits per heavy atom. The number of carbonyl (C=O) groups is 1. The van der Waals surface area contributed by atoms with Crippen molar-refractivity contribution in [2.75, 3.05) is 33.6 Å². The Bertz CT molecular complexity index is 822. The number of benzene rings is 2. The van der Waals surface area contributed by atoms with Crippen molar-refractivity contribution < 1.29 is 19.2 Å². The van der Waals surface area contributed by atoms with Crippen LogP contribution in [0.4, 0.5) is 11.4 Å². The first-order chi connectivity index (χ1) is 12.4. The van der Waals surface area contributed by atoms with Gasteiger partial charge in [0.1, 0.15) is 5.69 Å². The maximum Gasteiger partial charge on any atom is 0.293 e. The largest absolute Gasteiger partial charge is 0.493 e. The lowest BCUT2D eigenvalue weighted by molar-refractivity contribution is -0.384. The van der Waals surface area contributed by atoms with Crippen molar-refractivity contribution in [2.45, 2.75) is 6.54 Å². The van der Waals surface area contributed by atoms with Gasteiger partial charge in [0.25, 0.3) is 11.6 Å². The average Bonchev–Trinajstić information content (AvgIpc) is 2.66. The minimum absolute atomic E-state index is 0.141. The van der Waals surface area contributed by atoms with Crippen LogP contribution in [0.15, 0.2) is 36.4 Å². The van der Waals surface area contributed by atoms with Gasteiger partial charge in [-0.2, -0.15) is 0 Å². The highest BCUT2D eigenvalue weighted by Gasteiger charge is 2.19. The second-order valence-corrected chi connectivity index (χ2v) is 5.59. The summed E-state index contributed by atoms with van der Waals surface area (Å²) in [5.74, 6) is 0.855. The zero-order chi connectivity index (χ0) is 19.3. The molecular weight excluding hydrogens is 338 g/mol. The highest BCUT2D eigenvalue weighted by molar-refractivity contribution is 5.95. The van der Waals surface area contributed by atoms with Gasteiger partial charge in [0, 0.05) is 32.3 Å². The fourth-order valence-electron chi connectivity index (χ4n) is 2.57. The van der Waals surface area contributed by atoms with Crippen molar-refractivity contribution >= 4 is 17.3 Å². The van der Waals surface area contributed by atoms with Crippen molar-refractivity contribution in [1.82, 2.24) is 4.90 Å². The standard InChI is InChI=1S/C18H21N3O5/c1-19-14-7-6-13(10-15(14)21(23)24)18(22)20(2)11-12-5-8-16(25-3)17(9-12)26-4/h5-10,19H,11H2,1-4H3. The number of ether oxygens (including phenoxy) is 2. The van der Waals surface area contributed by atoms with Crippen LogP contribution in [-0.4, -0.2) is 44.0 Å². The monoisotopic (exact) mass is 359 g/mol. The van der Waals surface area contributed by atoms with Crippen molar-refractivity contribution in [3.05, 3.63) is 57.6 Å². The first kappa shape index (κ1) is 19.0. The molecule has 0 saturated heterocycles. The number of nitrogens with one attached hydrogen (secondary N) is 1. The molecule has 0 aromatic heterocycles. The second kappa shape index (κ2) is 8.19. The van der Waals surface area contributed by atoms with Crippen LogP contribution in [0.5, 0.6) is 11.5 Å². The predicted molar refractivity (Wildman–Crippen MR) is 98.0 cm³/mol. The third-order valence-electron chi connectivity index (χ3n) is 3.93. The normalized spacial score (nSPS) is 10.2. The molecule has 0 saturated carbocycles. The van der Waals surface area contributed by atoms with E-state index in [1.807, 2.05) is 6.07 Å². The first-order valence-corrected chi connectivity index (χ1v) is 7.83. The molecular formula is C18H21N3O5. The quantitative estimate of drug-likeness (QED) is 0.603. The van der Waals surface area contributed by atoms with Crippen LogP contribution in [0.2, 0.25) is 0 Å². The van der Waals surface area contributed by atoms with Gasteiger partial charge >= 0.3 is 0 Å². The molecule has 0 heterocycles. The molecule has 0 radical (unpaired) electrons.